The molecule has 0 aromatic rings. The minimum absolute atomic E-state index is 0.233. The molecule has 1 unspecified atom stereocenters. The summed E-state index contributed by atoms with van der Waals surface area (Å²) < 4.78 is 0. The van der Waals surface area contributed by atoms with Gasteiger partial charge in [-0.3, -0.25) is 0 Å². The molecule has 0 saturated heterocycles. The average Bonchev–Trinajstić information content (AvgIpc) is 2.53. The smallest absolute Gasteiger partial charge is 0.134 e. The van der Waals surface area contributed by atoms with Crippen LogP contribution in [0.2, 0.25) is 0 Å². The maximum atomic E-state index is 11.3. The van der Waals surface area contributed by atoms with E-state index >= 15 is 0 Å². The quantitative estimate of drug-likeness (QED) is 0.481. The summed E-state index contributed by atoms with van der Waals surface area (Å²) in [6.45, 7) is 6.29. The Bertz CT molecular complexity index is 311. The summed E-state index contributed by atoms with van der Waals surface area (Å²) in [4.78, 5) is 11.3. The second kappa shape index (κ2) is 3.38. The number of allylic oxidation sites excluding steroid dienone is 3. The topological polar surface area (TPSA) is 17.1 Å². The van der Waals surface area contributed by atoms with E-state index in [1.807, 2.05) is 0 Å². The van der Waals surface area contributed by atoms with Crippen molar-refractivity contribution in [3.63, 3.8) is 0 Å². The Morgan fingerprint density at radius 1 is 1.50 bits per heavy atom. The van der Waals surface area contributed by atoms with Crippen LogP contribution in [0, 0.1) is 5.41 Å². The maximum absolute atomic E-state index is 11.3. The van der Waals surface area contributed by atoms with E-state index in [1.54, 1.807) is 0 Å². The SMILES string of the molecule is C=C1CC(CC)=C2CCCCC12C=O. The Kier molecular flexibility index (Phi) is 2.34. The van der Waals surface area contributed by atoms with Gasteiger partial charge in [0.05, 0.1) is 5.41 Å². The van der Waals surface area contributed by atoms with E-state index in [4.69, 9.17) is 0 Å². The Labute approximate surface area is 85.9 Å². The van der Waals surface area contributed by atoms with Gasteiger partial charge in [0.2, 0.25) is 0 Å². The molecule has 2 aliphatic rings. The summed E-state index contributed by atoms with van der Waals surface area (Å²) in [5.41, 5.74) is 3.83. The summed E-state index contributed by atoms with van der Waals surface area (Å²) in [5.74, 6) is 0. The first-order valence-electron chi connectivity index (χ1n) is 5.60. The van der Waals surface area contributed by atoms with Gasteiger partial charge in [0, 0.05) is 0 Å². The lowest BCUT2D eigenvalue weighted by atomic mass is 9.70. The van der Waals surface area contributed by atoms with Gasteiger partial charge in [-0.25, -0.2) is 0 Å². The van der Waals surface area contributed by atoms with Gasteiger partial charge in [0.1, 0.15) is 6.29 Å². The molecule has 0 aromatic carbocycles. The normalized spacial score (nSPS) is 31.9. The van der Waals surface area contributed by atoms with Crippen molar-refractivity contribution in [2.45, 2.75) is 45.4 Å². The average molecular weight is 190 g/mol. The molecule has 0 amide bonds. The van der Waals surface area contributed by atoms with Crippen LogP contribution in [-0.2, 0) is 4.79 Å². The molecule has 1 nitrogen and oxygen atoms in total. The third kappa shape index (κ3) is 1.11. The van der Waals surface area contributed by atoms with Crippen LogP contribution in [0.15, 0.2) is 23.3 Å². The minimum atomic E-state index is -0.233. The number of hydrogen-bond acceptors (Lipinski definition) is 1. The van der Waals surface area contributed by atoms with Crippen LogP contribution < -0.4 is 0 Å². The van der Waals surface area contributed by atoms with Crippen molar-refractivity contribution in [1.29, 1.82) is 0 Å². The lowest BCUT2D eigenvalue weighted by Gasteiger charge is -2.32. The standard InChI is InChI=1S/C13H18O/c1-3-11-8-10(2)13(9-14)7-5-4-6-12(11)13/h9H,2-8H2,1H3. The van der Waals surface area contributed by atoms with E-state index in [9.17, 15) is 4.79 Å². The fourth-order valence-electron chi connectivity index (χ4n) is 3.04. The van der Waals surface area contributed by atoms with Crippen molar-refractivity contribution in [1.82, 2.24) is 0 Å². The fourth-order valence-corrected chi connectivity index (χ4v) is 3.04. The molecule has 14 heavy (non-hydrogen) atoms. The largest absolute Gasteiger partial charge is 0.302 e. The molecule has 1 saturated carbocycles. The number of fused-ring (bicyclic) bond motifs is 1. The first-order valence-corrected chi connectivity index (χ1v) is 5.60. The summed E-state index contributed by atoms with van der Waals surface area (Å²) in [7, 11) is 0. The van der Waals surface area contributed by atoms with Crippen LogP contribution in [0.25, 0.3) is 0 Å². The monoisotopic (exact) mass is 190 g/mol. The van der Waals surface area contributed by atoms with E-state index in [-0.39, 0.29) is 5.41 Å². The number of rotatable bonds is 2. The van der Waals surface area contributed by atoms with Gasteiger partial charge in [-0.05, 0) is 32.1 Å². The molecule has 76 valence electrons. The van der Waals surface area contributed by atoms with Gasteiger partial charge in [-0.1, -0.05) is 36.6 Å². The predicted octanol–water partition coefficient (Wildman–Crippen LogP) is 3.41. The summed E-state index contributed by atoms with van der Waals surface area (Å²) in [6, 6.07) is 0. The number of aldehydes is 1. The molecule has 0 bridgehead atoms. The zero-order chi connectivity index (χ0) is 10.2. The molecule has 1 heteroatoms. The van der Waals surface area contributed by atoms with Crippen molar-refractivity contribution >= 4 is 6.29 Å². The molecule has 2 rings (SSSR count). The highest BCUT2D eigenvalue weighted by Gasteiger charge is 2.43. The molecule has 0 radical (unpaired) electrons. The molecule has 0 N–H and O–H groups in total. The molecular formula is C13H18O. The third-order valence-corrected chi connectivity index (χ3v) is 3.90. The van der Waals surface area contributed by atoms with Crippen molar-refractivity contribution in [3.8, 4) is 0 Å². The Hall–Kier alpha value is -0.850. The van der Waals surface area contributed by atoms with Crippen molar-refractivity contribution < 1.29 is 4.79 Å². The van der Waals surface area contributed by atoms with Crippen LogP contribution in [0.4, 0.5) is 0 Å². The molecule has 0 aliphatic heterocycles. The van der Waals surface area contributed by atoms with E-state index in [0.717, 1.165) is 37.5 Å². The maximum Gasteiger partial charge on any atom is 0.134 e. The van der Waals surface area contributed by atoms with E-state index < -0.39 is 0 Å². The van der Waals surface area contributed by atoms with Crippen molar-refractivity contribution in [2.24, 2.45) is 5.41 Å². The first-order chi connectivity index (χ1) is 6.74. The zero-order valence-electron chi connectivity index (χ0n) is 8.94. The molecule has 0 spiro atoms. The molecule has 0 aromatic heterocycles. The van der Waals surface area contributed by atoms with Gasteiger partial charge >= 0.3 is 0 Å². The van der Waals surface area contributed by atoms with Gasteiger partial charge in [-0.2, -0.15) is 0 Å². The third-order valence-electron chi connectivity index (χ3n) is 3.90. The molecule has 2 aliphatic carbocycles. The lowest BCUT2D eigenvalue weighted by molar-refractivity contribution is -0.113. The Morgan fingerprint density at radius 2 is 2.29 bits per heavy atom. The summed E-state index contributed by atoms with van der Waals surface area (Å²) in [5, 5.41) is 0. The van der Waals surface area contributed by atoms with Gasteiger partial charge in [-0.15, -0.1) is 0 Å². The van der Waals surface area contributed by atoms with Gasteiger partial charge in [0.25, 0.3) is 0 Å². The first kappa shape index (κ1) is 9.70. The van der Waals surface area contributed by atoms with Gasteiger partial charge < -0.3 is 4.79 Å². The van der Waals surface area contributed by atoms with E-state index in [1.165, 1.54) is 24.0 Å². The van der Waals surface area contributed by atoms with Crippen LogP contribution in [0.5, 0.6) is 0 Å². The summed E-state index contributed by atoms with van der Waals surface area (Å²) >= 11 is 0. The highest BCUT2D eigenvalue weighted by molar-refractivity contribution is 5.74. The predicted molar refractivity (Wildman–Crippen MR) is 58.0 cm³/mol. The zero-order valence-corrected chi connectivity index (χ0v) is 8.94. The van der Waals surface area contributed by atoms with Gasteiger partial charge in [0.15, 0.2) is 0 Å². The molecule has 1 atom stereocenters. The van der Waals surface area contributed by atoms with E-state index in [0.29, 0.717) is 0 Å². The van der Waals surface area contributed by atoms with Crippen LogP contribution in [-0.4, -0.2) is 6.29 Å². The molecule has 0 heterocycles. The molecule has 1 fully saturated rings. The highest BCUT2D eigenvalue weighted by Crippen LogP contribution is 2.53. The second-order valence-corrected chi connectivity index (χ2v) is 4.51. The Balaban J connectivity index is 2.46. The van der Waals surface area contributed by atoms with Crippen LogP contribution in [0.3, 0.4) is 0 Å². The number of hydrogen-bond donors (Lipinski definition) is 0. The molecular weight excluding hydrogens is 172 g/mol. The van der Waals surface area contributed by atoms with Crippen LogP contribution >= 0.6 is 0 Å². The number of carbonyl (C=O) groups excluding carboxylic acids is 1. The minimum Gasteiger partial charge on any atom is -0.302 e. The van der Waals surface area contributed by atoms with Crippen molar-refractivity contribution in [3.05, 3.63) is 23.3 Å². The number of carbonyl (C=O) groups is 1. The van der Waals surface area contributed by atoms with Crippen molar-refractivity contribution in [2.75, 3.05) is 0 Å². The second-order valence-electron chi connectivity index (χ2n) is 4.51. The fraction of sp³-hybridized carbons (Fsp3) is 0.615. The van der Waals surface area contributed by atoms with E-state index in [2.05, 4.69) is 13.5 Å². The van der Waals surface area contributed by atoms with Crippen LogP contribution in [0.1, 0.15) is 45.4 Å². The summed E-state index contributed by atoms with van der Waals surface area (Å²) in [6.07, 6.45) is 7.79. The highest BCUT2D eigenvalue weighted by atomic mass is 16.1. The lowest BCUT2D eigenvalue weighted by Crippen LogP contribution is -2.27. The Morgan fingerprint density at radius 3 is 2.93 bits per heavy atom.